The van der Waals surface area contributed by atoms with E-state index in [1.807, 2.05) is 18.4 Å². The van der Waals surface area contributed by atoms with Crippen molar-refractivity contribution in [3.8, 4) is 0 Å². The van der Waals surface area contributed by atoms with E-state index in [2.05, 4.69) is 30.6 Å². The van der Waals surface area contributed by atoms with Crippen LogP contribution in [0.1, 0.15) is 29.7 Å². The maximum absolute atomic E-state index is 3.24. The molecule has 0 fully saturated rings. The Hall–Kier alpha value is -0.340. The molecule has 0 aliphatic carbocycles. The molecule has 0 aliphatic heterocycles. The van der Waals surface area contributed by atoms with Gasteiger partial charge in [-0.1, -0.05) is 6.92 Å². The van der Waals surface area contributed by atoms with Crippen molar-refractivity contribution in [1.82, 2.24) is 5.32 Å². The third kappa shape index (κ3) is 2.08. The lowest BCUT2D eigenvalue weighted by molar-refractivity contribution is 0.618. The van der Waals surface area contributed by atoms with Crippen LogP contribution >= 0.6 is 11.3 Å². The van der Waals surface area contributed by atoms with Crippen molar-refractivity contribution in [1.29, 1.82) is 0 Å². The van der Waals surface area contributed by atoms with Gasteiger partial charge in [0.15, 0.2) is 0 Å². The maximum Gasteiger partial charge on any atom is 0.0118 e. The zero-order valence-electron chi connectivity index (χ0n) is 8.05. The summed E-state index contributed by atoms with van der Waals surface area (Å²) in [6, 6.07) is 2.21. The second-order valence-corrected chi connectivity index (χ2v) is 4.08. The molecular formula is C10H17NS. The fourth-order valence-corrected chi connectivity index (χ4v) is 2.59. The number of hydrogen-bond donors (Lipinski definition) is 1. The van der Waals surface area contributed by atoms with Gasteiger partial charge < -0.3 is 5.32 Å². The number of likely N-dealkylation sites (N-methyl/N-ethyl adjacent to an activating group) is 1. The van der Waals surface area contributed by atoms with Crippen LogP contribution in [0.4, 0.5) is 0 Å². The first-order chi connectivity index (χ1) is 5.79. The Balaban J connectivity index is 2.72. The molecule has 1 aromatic rings. The van der Waals surface area contributed by atoms with E-state index in [1.165, 1.54) is 12.0 Å². The third-order valence-corrected chi connectivity index (χ3v) is 3.40. The second kappa shape index (κ2) is 4.63. The van der Waals surface area contributed by atoms with Crippen molar-refractivity contribution < 1.29 is 0 Å². The lowest BCUT2D eigenvalue weighted by Gasteiger charge is -2.13. The summed E-state index contributed by atoms with van der Waals surface area (Å²) < 4.78 is 0. The van der Waals surface area contributed by atoms with Crippen LogP contribution in [0.15, 0.2) is 11.4 Å². The molecule has 0 saturated heterocycles. The van der Waals surface area contributed by atoms with Gasteiger partial charge in [-0.25, -0.2) is 0 Å². The normalized spacial score (nSPS) is 13.2. The monoisotopic (exact) mass is 183 g/mol. The molecule has 0 spiro atoms. The lowest BCUT2D eigenvalue weighted by Crippen LogP contribution is -2.16. The van der Waals surface area contributed by atoms with E-state index < -0.39 is 0 Å². The number of rotatable bonds is 4. The van der Waals surface area contributed by atoms with Crippen LogP contribution in [-0.2, 0) is 0 Å². The molecule has 0 amide bonds. The fraction of sp³-hybridized carbons (Fsp3) is 0.600. The van der Waals surface area contributed by atoms with Crippen LogP contribution in [-0.4, -0.2) is 13.6 Å². The van der Waals surface area contributed by atoms with Crippen LogP contribution in [0.25, 0.3) is 0 Å². The van der Waals surface area contributed by atoms with Crippen LogP contribution in [0.2, 0.25) is 0 Å². The number of nitrogens with one attached hydrogen (secondary N) is 1. The van der Waals surface area contributed by atoms with E-state index in [4.69, 9.17) is 0 Å². The Kier molecular flexibility index (Phi) is 3.76. The maximum atomic E-state index is 3.24. The van der Waals surface area contributed by atoms with Crippen molar-refractivity contribution in [3.63, 3.8) is 0 Å². The van der Waals surface area contributed by atoms with Gasteiger partial charge in [0.25, 0.3) is 0 Å². The topological polar surface area (TPSA) is 12.0 Å². The van der Waals surface area contributed by atoms with Gasteiger partial charge in [0, 0.05) is 17.3 Å². The molecule has 1 atom stereocenters. The lowest BCUT2D eigenvalue weighted by atomic mass is 10.0. The minimum atomic E-state index is 0.704. The quantitative estimate of drug-likeness (QED) is 0.757. The van der Waals surface area contributed by atoms with Crippen LogP contribution in [0.5, 0.6) is 0 Å². The zero-order chi connectivity index (χ0) is 8.97. The van der Waals surface area contributed by atoms with Gasteiger partial charge in [0.05, 0.1) is 0 Å². The van der Waals surface area contributed by atoms with Crippen LogP contribution in [0, 0.1) is 6.92 Å². The third-order valence-electron chi connectivity index (χ3n) is 2.22. The average molecular weight is 183 g/mol. The highest BCUT2D eigenvalue weighted by Crippen LogP contribution is 2.27. The molecule has 0 saturated carbocycles. The summed E-state index contributed by atoms with van der Waals surface area (Å²) in [4.78, 5) is 1.55. The first-order valence-corrected chi connectivity index (χ1v) is 5.36. The Labute approximate surface area is 78.8 Å². The molecule has 68 valence electrons. The minimum absolute atomic E-state index is 0.704. The molecule has 0 bridgehead atoms. The highest BCUT2D eigenvalue weighted by atomic mass is 32.1. The van der Waals surface area contributed by atoms with Crippen molar-refractivity contribution in [2.24, 2.45) is 0 Å². The summed E-state index contributed by atoms with van der Waals surface area (Å²) in [5.41, 5.74) is 1.45. The molecule has 1 nitrogen and oxygen atoms in total. The Bertz CT molecular complexity index is 229. The molecule has 1 rings (SSSR count). The summed E-state index contributed by atoms with van der Waals surface area (Å²) >= 11 is 1.88. The van der Waals surface area contributed by atoms with E-state index in [-0.39, 0.29) is 0 Å². The van der Waals surface area contributed by atoms with E-state index in [9.17, 15) is 0 Å². The highest BCUT2D eigenvalue weighted by Gasteiger charge is 2.11. The molecule has 1 unspecified atom stereocenters. The van der Waals surface area contributed by atoms with Crippen molar-refractivity contribution in [2.45, 2.75) is 26.2 Å². The predicted octanol–water partition coefficient (Wildman–Crippen LogP) is 2.77. The van der Waals surface area contributed by atoms with Crippen molar-refractivity contribution >= 4 is 11.3 Å². The number of thiophene rings is 1. The zero-order valence-corrected chi connectivity index (χ0v) is 8.87. The Morgan fingerprint density at radius 2 is 2.33 bits per heavy atom. The molecule has 1 N–H and O–H groups in total. The summed E-state index contributed by atoms with van der Waals surface area (Å²) in [5, 5.41) is 5.42. The Morgan fingerprint density at radius 1 is 1.58 bits per heavy atom. The van der Waals surface area contributed by atoms with E-state index in [0.29, 0.717) is 5.92 Å². The summed E-state index contributed by atoms with van der Waals surface area (Å²) in [7, 11) is 2.02. The molecule has 0 aliphatic rings. The molecule has 12 heavy (non-hydrogen) atoms. The fourth-order valence-electron chi connectivity index (χ4n) is 1.47. The van der Waals surface area contributed by atoms with Gasteiger partial charge in [-0.05, 0) is 37.4 Å². The first kappa shape index (κ1) is 9.75. The van der Waals surface area contributed by atoms with E-state index >= 15 is 0 Å². The van der Waals surface area contributed by atoms with Gasteiger partial charge in [-0.3, -0.25) is 0 Å². The molecule has 1 heterocycles. The first-order valence-electron chi connectivity index (χ1n) is 4.48. The predicted molar refractivity (Wildman–Crippen MR) is 56.0 cm³/mol. The summed E-state index contributed by atoms with van der Waals surface area (Å²) in [6.45, 7) is 5.54. The van der Waals surface area contributed by atoms with Gasteiger partial charge in [0.2, 0.25) is 0 Å². The summed E-state index contributed by atoms with van der Waals surface area (Å²) in [5.74, 6) is 0.704. The number of hydrogen-bond acceptors (Lipinski definition) is 2. The molecule has 0 radical (unpaired) electrons. The van der Waals surface area contributed by atoms with Crippen molar-refractivity contribution in [3.05, 3.63) is 21.9 Å². The van der Waals surface area contributed by atoms with E-state index in [0.717, 1.165) is 6.54 Å². The highest BCUT2D eigenvalue weighted by molar-refractivity contribution is 7.10. The summed E-state index contributed by atoms with van der Waals surface area (Å²) in [6.07, 6.45) is 1.22. The second-order valence-electron chi connectivity index (χ2n) is 3.13. The van der Waals surface area contributed by atoms with Crippen molar-refractivity contribution in [2.75, 3.05) is 13.6 Å². The van der Waals surface area contributed by atoms with Crippen LogP contribution in [0.3, 0.4) is 0 Å². The molecular weight excluding hydrogens is 166 g/mol. The minimum Gasteiger partial charge on any atom is -0.319 e. The van der Waals surface area contributed by atoms with E-state index in [1.54, 1.807) is 4.88 Å². The molecule has 2 heteroatoms. The van der Waals surface area contributed by atoms with Gasteiger partial charge in [-0.15, -0.1) is 11.3 Å². The molecule has 0 aromatic carbocycles. The smallest absolute Gasteiger partial charge is 0.0118 e. The largest absolute Gasteiger partial charge is 0.319 e. The SMILES string of the molecule is CCC(CNC)c1sccc1C. The van der Waals surface area contributed by atoms with Gasteiger partial charge in [0.1, 0.15) is 0 Å². The van der Waals surface area contributed by atoms with Gasteiger partial charge >= 0.3 is 0 Å². The standard InChI is InChI=1S/C10H17NS/c1-4-9(7-11-3)10-8(2)5-6-12-10/h5-6,9,11H,4,7H2,1-3H3. The van der Waals surface area contributed by atoms with Crippen LogP contribution < -0.4 is 5.32 Å². The van der Waals surface area contributed by atoms with Gasteiger partial charge in [-0.2, -0.15) is 0 Å². The average Bonchev–Trinajstić information content (AvgIpc) is 2.47. The molecule has 1 aromatic heterocycles. The Morgan fingerprint density at radius 3 is 2.75 bits per heavy atom. The number of aryl methyl sites for hydroxylation is 1.